The number of methoxy groups -OCH3 is 1. The van der Waals surface area contributed by atoms with Crippen molar-refractivity contribution in [1.29, 1.82) is 0 Å². The highest BCUT2D eigenvalue weighted by Gasteiger charge is 2.39. The van der Waals surface area contributed by atoms with Crippen molar-refractivity contribution in [2.75, 3.05) is 33.3 Å². The zero-order chi connectivity index (χ0) is 29.8. The molecule has 4 heterocycles. The number of ketones is 1. The topological polar surface area (TPSA) is 79.7 Å². The molecule has 2 fully saturated rings. The number of pyridine rings is 1. The second-order valence-corrected chi connectivity index (χ2v) is 11.5. The number of rotatable bonds is 11. The summed E-state index contributed by atoms with van der Waals surface area (Å²) in [5.41, 5.74) is 1.83. The number of piperazine rings is 1. The zero-order valence-electron chi connectivity index (χ0n) is 24.5. The number of carbonyl (C=O) groups excluding carboxylic acids is 2. The van der Waals surface area contributed by atoms with Crippen molar-refractivity contribution in [3.63, 3.8) is 0 Å². The number of fused-ring (bicyclic) bond motifs is 3. The van der Waals surface area contributed by atoms with Gasteiger partial charge < -0.3 is 14.6 Å². The van der Waals surface area contributed by atoms with Crippen molar-refractivity contribution in [1.82, 2.24) is 24.7 Å². The predicted molar refractivity (Wildman–Crippen MR) is 163 cm³/mol. The molecule has 3 aliphatic rings. The summed E-state index contributed by atoms with van der Waals surface area (Å²) < 4.78 is 21.6. The zero-order valence-corrected chi connectivity index (χ0v) is 24.5. The molecule has 224 valence electrons. The first-order chi connectivity index (χ1) is 21.0. The van der Waals surface area contributed by atoms with Crippen LogP contribution in [0.25, 0.3) is 11.8 Å². The van der Waals surface area contributed by atoms with Crippen LogP contribution in [0.5, 0.6) is 0 Å². The first-order valence-corrected chi connectivity index (χ1v) is 15.1. The second-order valence-electron chi connectivity index (χ2n) is 11.5. The number of halogens is 1. The molecule has 0 spiro atoms. The predicted octanol–water partition coefficient (Wildman–Crippen LogP) is 2.87. The molecule has 2 aromatic heterocycles. The van der Waals surface area contributed by atoms with E-state index in [0.29, 0.717) is 41.9 Å². The van der Waals surface area contributed by atoms with Crippen LogP contribution in [0.1, 0.15) is 52.1 Å². The number of nitrogens with zero attached hydrogens (tertiary/aromatic N) is 4. The fourth-order valence-electron chi connectivity index (χ4n) is 6.76. The van der Waals surface area contributed by atoms with E-state index < -0.39 is 0 Å². The molecule has 0 radical (unpaired) electrons. The Balaban J connectivity index is 1.12. The van der Waals surface area contributed by atoms with E-state index in [2.05, 4.69) is 24.7 Å². The smallest absolute Gasteiger partial charge is 0.253 e. The molecule has 9 heteroatoms. The Morgan fingerprint density at radius 2 is 1.93 bits per heavy atom. The lowest BCUT2D eigenvalue weighted by atomic mass is 10.1. The Bertz CT molecular complexity index is 1620. The minimum atomic E-state index is -0.322. The molecule has 2 saturated heterocycles. The van der Waals surface area contributed by atoms with Crippen LogP contribution < -0.4 is 15.9 Å². The summed E-state index contributed by atoms with van der Waals surface area (Å²) in [6.07, 6.45) is 13.4. The van der Waals surface area contributed by atoms with Gasteiger partial charge in [0.25, 0.3) is 5.91 Å². The number of hydrogen-bond donors (Lipinski definition) is 1. The SMILES string of the molecule is COC1=c2c(c(C(=O)NCc3cccc(F)c3)cn2CCCN2C3CCC2CN(CC(=O)c2ccccn2)C3)=CC=CC1. The van der Waals surface area contributed by atoms with Crippen LogP contribution in [0, 0.1) is 5.82 Å². The third kappa shape index (κ3) is 6.48. The van der Waals surface area contributed by atoms with E-state index in [1.807, 2.05) is 36.6 Å². The molecule has 2 atom stereocenters. The lowest BCUT2D eigenvalue weighted by Crippen LogP contribution is -2.54. The Morgan fingerprint density at radius 1 is 1.09 bits per heavy atom. The molecule has 1 amide bonds. The number of carbonyl (C=O) groups is 2. The molecule has 1 aromatic carbocycles. The van der Waals surface area contributed by atoms with Crippen LogP contribution in [0.15, 0.2) is 67.0 Å². The standard InChI is InChI=1S/C34H38FN5O3/c1-43-32-12-3-2-10-28-29(34(42)37-19-24-8-6-9-25(35)18-24)22-39(33(28)32)16-7-17-40-26-13-14-27(40)21-38(20-26)23-31(41)30-11-4-5-15-36-30/h2-6,8-11,15,18,22,26-27H,7,12-14,16-17,19-21,23H2,1H3,(H,37,42). The Kier molecular flexibility index (Phi) is 8.81. The average molecular weight is 584 g/mol. The Morgan fingerprint density at radius 3 is 2.67 bits per heavy atom. The minimum absolute atomic E-state index is 0.0778. The van der Waals surface area contributed by atoms with Gasteiger partial charge >= 0.3 is 0 Å². The summed E-state index contributed by atoms with van der Waals surface area (Å²) in [5, 5.41) is 4.74. The van der Waals surface area contributed by atoms with Crippen molar-refractivity contribution in [2.24, 2.45) is 0 Å². The first-order valence-electron chi connectivity index (χ1n) is 15.1. The number of ether oxygens (including phenoxy) is 1. The van der Waals surface area contributed by atoms with Gasteiger partial charge in [0.1, 0.15) is 17.3 Å². The molecular formula is C34H38FN5O3. The number of Topliss-reactive ketones (excluding diaryl/α,β-unsaturated/α-hetero) is 1. The van der Waals surface area contributed by atoms with Crippen molar-refractivity contribution in [3.05, 3.63) is 100 Å². The highest BCUT2D eigenvalue weighted by molar-refractivity contribution is 5.96. The van der Waals surface area contributed by atoms with Gasteiger partial charge in [-0.3, -0.25) is 24.4 Å². The van der Waals surface area contributed by atoms with Crippen LogP contribution in [0.3, 0.4) is 0 Å². The maximum absolute atomic E-state index is 13.6. The maximum Gasteiger partial charge on any atom is 0.253 e. The van der Waals surface area contributed by atoms with Crippen molar-refractivity contribution >= 4 is 23.5 Å². The van der Waals surface area contributed by atoms with E-state index in [4.69, 9.17) is 4.74 Å². The summed E-state index contributed by atoms with van der Waals surface area (Å²) in [6.45, 7) is 4.15. The highest BCUT2D eigenvalue weighted by atomic mass is 19.1. The molecule has 6 rings (SSSR count). The van der Waals surface area contributed by atoms with Gasteiger partial charge in [-0.1, -0.05) is 36.4 Å². The number of aromatic nitrogens is 2. The van der Waals surface area contributed by atoms with Crippen molar-refractivity contribution in [2.45, 2.75) is 50.9 Å². The molecule has 1 N–H and O–H groups in total. The van der Waals surface area contributed by atoms with Crippen LogP contribution in [-0.2, 0) is 17.8 Å². The molecule has 2 bridgehead atoms. The summed E-state index contributed by atoms with van der Waals surface area (Å²) >= 11 is 0. The van der Waals surface area contributed by atoms with Gasteiger partial charge in [-0.15, -0.1) is 0 Å². The van der Waals surface area contributed by atoms with Crippen LogP contribution in [-0.4, -0.2) is 76.4 Å². The number of hydrogen-bond acceptors (Lipinski definition) is 6. The maximum atomic E-state index is 13.6. The summed E-state index contributed by atoms with van der Waals surface area (Å²) in [6, 6.07) is 12.6. The van der Waals surface area contributed by atoms with E-state index in [1.165, 1.54) is 12.1 Å². The van der Waals surface area contributed by atoms with Gasteiger partial charge in [0.15, 0.2) is 5.78 Å². The molecule has 2 unspecified atom stereocenters. The van der Waals surface area contributed by atoms with Gasteiger partial charge in [0, 0.05) is 68.8 Å². The van der Waals surface area contributed by atoms with Crippen LogP contribution in [0.4, 0.5) is 4.39 Å². The Hall–Kier alpha value is -4.08. The molecule has 8 nitrogen and oxygen atoms in total. The molecule has 2 aliphatic heterocycles. The minimum Gasteiger partial charge on any atom is -0.499 e. The van der Waals surface area contributed by atoms with Crippen molar-refractivity contribution < 1.29 is 18.7 Å². The lowest BCUT2D eigenvalue weighted by Gasteiger charge is -2.40. The number of nitrogens with one attached hydrogen (secondary N) is 1. The van der Waals surface area contributed by atoms with E-state index >= 15 is 0 Å². The number of amides is 1. The quantitative estimate of drug-likeness (QED) is 0.350. The van der Waals surface area contributed by atoms with Crippen molar-refractivity contribution in [3.8, 4) is 0 Å². The van der Waals surface area contributed by atoms with E-state index in [-0.39, 0.29) is 24.1 Å². The van der Waals surface area contributed by atoms with Crippen LogP contribution in [0.2, 0.25) is 0 Å². The summed E-state index contributed by atoms with van der Waals surface area (Å²) in [7, 11) is 1.68. The van der Waals surface area contributed by atoms with Gasteiger partial charge in [-0.05, 0) is 49.1 Å². The third-order valence-corrected chi connectivity index (χ3v) is 8.76. The normalized spacial score (nSPS) is 19.9. The average Bonchev–Trinajstić information content (AvgIpc) is 3.38. The van der Waals surface area contributed by atoms with Crippen LogP contribution >= 0.6 is 0 Å². The third-order valence-electron chi connectivity index (χ3n) is 8.76. The van der Waals surface area contributed by atoms with E-state index in [0.717, 1.165) is 61.8 Å². The largest absolute Gasteiger partial charge is 0.499 e. The molecule has 3 aromatic rings. The van der Waals surface area contributed by atoms with E-state index in [1.54, 1.807) is 31.5 Å². The highest BCUT2D eigenvalue weighted by Crippen LogP contribution is 2.30. The first kappa shape index (κ1) is 29.0. The molecule has 1 aliphatic carbocycles. The fourth-order valence-corrected chi connectivity index (χ4v) is 6.76. The lowest BCUT2D eigenvalue weighted by molar-refractivity contribution is 0.0585. The van der Waals surface area contributed by atoms with Gasteiger partial charge in [0.2, 0.25) is 0 Å². The molecule has 0 saturated carbocycles. The number of allylic oxidation sites excluding steroid dienone is 1. The van der Waals surface area contributed by atoms with Gasteiger partial charge in [-0.25, -0.2) is 4.39 Å². The van der Waals surface area contributed by atoms with Gasteiger partial charge in [-0.2, -0.15) is 0 Å². The monoisotopic (exact) mass is 583 g/mol. The number of likely N-dealkylation sites (tertiary alicyclic amines) is 1. The number of benzene rings is 1. The molecular weight excluding hydrogens is 545 g/mol. The van der Waals surface area contributed by atoms with Gasteiger partial charge in [0.05, 0.1) is 24.6 Å². The van der Waals surface area contributed by atoms with E-state index in [9.17, 15) is 14.0 Å². The summed E-state index contributed by atoms with van der Waals surface area (Å²) in [4.78, 5) is 35.2. The fraction of sp³-hybridized carbons (Fsp3) is 0.382. The summed E-state index contributed by atoms with van der Waals surface area (Å²) in [5.74, 6) is 0.387. The Labute approximate surface area is 251 Å². The molecule has 43 heavy (non-hydrogen) atoms. The number of aryl methyl sites for hydroxylation is 1. The second kappa shape index (κ2) is 13.1.